The van der Waals surface area contributed by atoms with E-state index in [0.29, 0.717) is 6.04 Å². The number of likely N-dealkylation sites (tertiary alicyclic amines) is 1. The topological polar surface area (TPSA) is 23.5 Å². The number of hydrogen-bond donors (Lipinski definition) is 1. The Morgan fingerprint density at radius 1 is 1.33 bits per heavy atom. The summed E-state index contributed by atoms with van der Waals surface area (Å²) in [5.41, 5.74) is -0.392. The molecule has 1 heterocycles. The van der Waals surface area contributed by atoms with Gasteiger partial charge in [0.15, 0.2) is 0 Å². The van der Waals surface area contributed by atoms with Gasteiger partial charge in [0.05, 0.1) is 5.60 Å². The van der Waals surface area contributed by atoms with E-state index in [4.69, 9.17) is 0 Å². The third kappa shape index (κ3) is 3.48. The molecule has 1 aliphatic heterocycles. The molecule has 3 atom stereocenters. The highest BCUT2D eigenvalue weighted by Gasteiger charge is 2.46. The first kappa shape index (κ1) is 14.3. The van der Waals surface area contributed by atoms with Gasteiger partial charge in [-0.2, -0.15) is 0 Å². The largest absolute Gasteiger partial charge is 0.388 e. The predicted molar refractivity (Wildman–Crippen MR) is 76.7 cm³/mol. The van der Waals surface area contributed by atoms with E-state index in [2.05, 4.69) is 25.7 Å². The Hall–Kier alpha value is -0.0800. The Bertz CT molecular complexity index is 264. The maximum absolute atomic E-state index is 10.9. The molecule has 3 unspecified atom stereocenters. The Morgan fingerprint density at radius 2 is 2.06 bits per heavy atom. The number of nitrogens with zero attached hydrogens (tertiary/aromatic N) is 1. The maximum atomic E-state index is 10.9. The van der Waals surface area contributed by atoms with Crippen LogP contribution in [0.25, 0.3) is 0 Å². The van der Waals surface area contributed by atoms with E-state index in [1.165, 1.54) is 38.5 Å². The zero-order valence-electron chi connectivity index (χ0n) is 12.5. The summed E-state index contributed by atoms with van der Waals surface area (Å²) in [6, 6.07) is 1.39. The van der Waals surface area contributed by atoms with E-state index in [0.717, 1.165) is 31.3 Å². The summed E-state index contributed by atoms with van der Waals surface area (Å²) in [6.07, 6.45) is 9.84. The molecule has 2 nitrogen and oxygen atoms in total. The molecular weight excluding hydrogens is 222 g/mol. The van der Waals surface area contributed by atoms with Gasteiger partial charge in [-0.05, 0) is 38.5 Å². The summed E-state index contributed by atoms with van der Waals surface area (Å²) in [6.45, 7) is 7.76. The molecule has 1 saturated heterocycles. The van der Waals surface area contributed by atoms with Crippen molar-refractivity contribution in [1.82, 2.24) is 4.90 Å². The normalized spacial score (nSPS) is 35.0. The monoisotopic (exact) mass is 253 g/mol. The van der Waals surface area contributed by atoms with Crippen molar-refractivity contribution in [3.05, 3.63) is 0 Å². The lowest BCUT2D eigenvalue weighted by atomic mass is 9.84. The summed E-state index contributed by atoms with van der Waals surface area (Å²) < 4.78 is 0. The molecule has 2 heteroatoms. The molecule has 1 aliphatic carbocycles. The first-order valence-corrected chi connectivity index (χ1v) is 8.06. The van der Waals surface area contributed by atoms with Crippen LogP contribution in [0.3, 0.4) is 0 Å². The number of rotatable bonds is 7. The van der Waals surface area contributed by atoms with Gasteiger partial charge in [0, 0.05) is 18.6 Å². The lowest BCUT2D eigenvalue weighted by molar-refractivity contribution is 0.0214. The zero-order valence-corrected chi connectivity index (χ0v) is 12.5. The zero-order chi connectivity index (χ0) is 13.2. The first-order chi connectivity index (χ1) is 8.58. The summed E-state index contributed by atoms with van der Waals surface area (Å²) in [7, 11) is 0. The van der Waals surface area contributed by atoms with Gasteiger partial charge >= 0.3 is 0 Å². The highest BCUT2D eigenvalue weighted by Crippen LogP contribution is 2.40. The van der Waals surface area contributed by atoms with Crippen molar-refractivity contribution in [2.75, 3.05) is 6.54 Å². The van der Waals surface area contributed by atoms with Crippen molar-refractivity contribution >= 4 is 0 Å². The Morgan fingerprint density at radius 3 is 2.61 bits per heavy atom. The van der Waals surface area contributed by atoms with Crippen LogP contribution in [-0.4, -0.2) is 34.2 Å². The molecule has 2 aliphatic rings. The van der Waals surface area contributed by atoms with Crippen LogP contribution in [0.4, 0.5) is 0 Å². The summed E-state index contributed by atoms with van der Waals surface area (Å²) in [5.74, 6) is 0.723. The number of β-amino-alcohol motifs (C(OH)–C–C–N with tert-alkyl or cyclic N) is 1. The minimum atomic E-state index is -0.392. The van der Waals surface area contributed by atoms with E-state index in [1.807, 2.05) is 0 Å². The minimum Gasteiger partial charge on any atom is -0.388 e. The van der Waals surface area contributed by atoms with Gasteiger partial charge in [-0.15, -0.1) is 0 Å². The van der Waals surface area contributed by atoms with Crippen LogP contribution in [0.15, 0.2) is 0 Å². The maximum Gasteiger partial charge on any atom is 0.0791 e. The molecule has 2 rings (SSSR count). The molecule has 0 aromatic rings. The fourth-order valence-corrected chi connectivity index (χ4v) is 3.75. The lowest BCUT2D eigenvalue weighted by Gasteiger charge is -2.28. The van der Waals surface area contributed by atoms with Gasteiger partial charge in [-0.3, -0.25) is 4.90 Å². The summed E-state index contributed by atoms with van der Waals surface area (Å²) in [4.78, 5) is 2.56. The quantitative estimate of drug-likeness (QED) is 0.749. The van der Waals surface area contributed by atoms with Gasteiger partial charge < -0.3 is 5.11 Å². The predicted octanol–water partition coefficient (Wildman–Crippen LogP) is 3.58. The fraction of sp³-hybridized carbons (Fsp3) is 1.00. The molecule has 0 radical (unpaired) electrons. The molecule has 1 N–H and O–H groups in total. The SMILES string of the molecule is CCCCC(CC)CC1(O)CC(C)N(C2CC2)C1. The minimum absolute atomic E-state index is 0.392. The van der Waals surface area contributed by atoms with Crippen molar-refractivity contribution in [2.24, 2.45) is 5.92 Å². The van der Waals surface area contributed by atoms with Gasteiger partial charge in [-0.1, -0.05) is 39.5 Å². The van der Waals surface area contributed by atoms with Crippen molar-refractivity contribution in [2.45, 2.75) is 89.8 Å². The Labute approximate surface area is 113 Å². The average Bonchev–Trinajstić information content (AvgIpc) is 3.11. The van der Waals surface area contributed by atoms with Crippen LogP contribution in [0.2, 0.25) is 0 Å². The van der Waals surface area contributed by atoms with Crippen molar-refractivity contribution in [3.8, 4) is 0 Å². The van der Waals surface area contributed by atoms with E-state index in [-0.39, 0.29) is 0 Å². The van der Waals surface area contributed by atoms with E-state index in [1.54, 1.807) is 0 Å². The Kier molecular flexibility index (Phi) is 4.71. The standard InChI is InChI=1S/C16H31NO/c1-4-6-7-14(5-2)11-16(18)10-13(3)17(12-16)15-8-9-15/h13-15,18H,4-12H2,1-3H3. The third-order valence-corrected chi connectivity index (χ3v) is 4.95. The molecular formula is C16H31NO. The molecule has 0 aromatic carbocycles. The second-order valence-electron chi connectivity index (χ2n) is 6.80. The fourth-order valence-electron chi connectivity index (χ4n) is 3.75. The second-order valence-corrected chi connectivity index (χ2v) is 6.80. The van der Waals surface area contributed by atoms with Crippen molar-refractivity contribution in [1.29, 1.82) is 0 Å². The molecule has 106 valence electrons. The van der Waals surface area contributed by atoms with Crippen LogP contribution >= 0.6 is 0 Å². The molecule has 2 fully saturated rings. The van der Waals surface area contributed by atoms with Crippen LogP contribution in [0, 0.1) is 5.92 Å². The molecule has 1 saturated carbocycles. The first-order valence-electron chi connectivity index (χ1n) is 8.06. The van der Waals surface area contributed by atoms with Crippen molar-refractivity contribution in [3.63, 3.8) is 0 Å². The van der Waals surface area contributed by atoms with E-state index in [9.17, 15) is 5.11 Å². The smallest absolute Gasteiger partial charge is 0.0791 e. The van der Waals surface area contributed by atoms with Crippen LogP contribution < -0.4 is 0 Å². The van der Waals surface area contributed by atoms with Gasteiger partial charge in [0.25, 0.3) is 0 Å². The molecule has 0 spiro atoms. The number of unbranched alkanes of at least 4 members (excludes halogenated alkanes) is 1. The van der Waals surface area contributed by atoms with Crippen LogP contribution in [0.1, 0.15) is 72.1 Å². The highest BCUT2D eigenvalue weighted by molar-refractivity contribution is 5.01. The highest BCUT2D eigenvalue weighted by atomic mass is 16.3. The van der Waals surface area contributed by atoms with Crippen LogP contribution in [0.5, 0.6) is 0 Å². The Balaban J connectivity index is 1.86. The van der Waals surface area contributed by atoms with Crippen LogP contribution in [-0.2, 0) is 0 Å². The molecule has 18 heavy (non-hydrogen) atoms. The van der Waals surface area contributed by atoms with Gasteiger partial charge in [0.1, 0.15) is 0 Å². The molecule has 0 bridgehead atoms. The molecule has 0 aromatic heterocycles. The summed E-state index contributed by atoms with van der Waals surface area (Å²) in [5, 5.41) is 10.9. The molecule has 0 amide bonds. The van der Waals surface area contributed by atoms with Gasteiger partial charge in [-0.25, -0.2) is 0 Å². The number of hydrogen-bond acceptors (Lipinski definition) is 2. The van der Waals surface area contributed by atoms with E-state index >= 15 is 0 Å². The second kappa shape index (κ2) is 5.92. The lowest BCUT2D eigenvalue weighted by Crippen LogP contribution is -2.36. The average molecular weight is 253 g/mol. The van der Waals surface area contributed by atoms with Crippen molar-refractivity contribution < 1.29 is 5.11 Å². The van der Waals surface area contributed by atoms with E-state index < -0.39 is 5.60 Å². The van der Waals surface area contributed by atoms with Gasteiger partial charge in [0.2, 0.25) is 0 Å². The summed E-state index contributed by atoms with van der Waals surface area (Å²) >= 11 is 0. The third-order valence-electron chi connectivity index (χ3n) is 4.95. The number of aliphatic hydroxyl groups is 1.